The smallest absolute Gasteiger partial charge is 0.376 e. The van der Waals surface area contributed by atoms with E-state index in [1.54, 1.807) is 18.2 Å². The van der Waals surface area contributed by atoms with Gasteiger partial charge in [-0.1, -0.05) is 18.2 Å². The minimum Gasteiger partial charge on any atom is -0.490 e. The molecule has 1 aromatic carbocycles. The molecule has 4 heteroatoms. The van der Waals surface area contributed by atoms with Crippen molar-refractivity contribution in [3.05, 3.63) is 35.9 Å². The number of hydrogen-bond donors (Lipinski definition) is 1. The molecule has 0 bridgehead atoms. The maximum absolute atomic E-state index is 10.9. The third-order valence-corrected chi connectivity index (χ3v) is 1.91. The standard InChI is InChI=1S/C13H14O4/c1-9(2)17-12-6-4-3-5-10(12)7-8-11(14)13(15)16/h3-9H,1-2H3,(H,15,16)/b8-7+. The van der Waals surface area contributed by atoms with Gasteiger partial charge < -0.3 is 9.84 Å². The Labute approximate surface area is 99.5 Å². The topological polar surface area (TPSA) is 63.6 Å². The first-order valence-electron chi connectivity index (χ1n) is 5.21. The largest absolute Gasteiger partial charge is 0.490 e. The molecule has 0 fully saturated rings. The van der Waals surface area contributed by atoms with Gasteiger partial charge >= 0.3 is 5.97 Å². The van der Waals surface area contributed by atoms with E-state index in [0.29, 0.717) is 11.3 Å². The van der Waals surface area contributed by atoms with Gasteiger partial charge in [-0.05, 0) is 32.1 Å². The van der Waals surface area contributed by atoms with E-state index in [9.17, 15) is 9.59 Å². The number of para-hydroxylation sites is 1. The summed E-state index contributed by atoms with van der Waals surface area (Å²) in [6.07, 6.45) is 2.47. The number of aliphatic carboxylic acids is 1. The third kappa shape index (κ3) is 4.10. The van der Waals surface area contributed by atoms with Gasteiger partial charge in [0.15, 0.2) is 0 Å². The zero-order valence-corrected chi connectivity index (χ0v) is 9.71. The third-order valence-electron chi connectivity index (χ3n) is 1.91. The summed E-state index contributed by atoms with van der Waals surface area (Å²) in [5, 5.41) is 8.44. The second-order valence-corrected chi connectivity index (χ2v) is 3.71. The molecule has 0 aliphatic rings. The van der Waals surface area contributed by atoms with Gasteiger partial charge in [-0.25, -0.2) is 4.79 Å². The van der Waals surface area contributed by atoms with Crippen molar-refractivity contribution in [1.82, 2.24) is 0 Å². The van der Waals surface area contributed by atoms with Gasteiger partial charge in [-0.15, -0.1) is 0 Å². The maximum Gasteiger partial charge on any atom is 0.376 e. The molecule has 0 amide bonds. The molecule has 1 N–H and O–H groups in total. The zero-order chi connectivity index (χ0) is 12.8. The molecular formula is C13H14O4. The summed E-state index contributed by atoms with van der Waals surface area (Å²) in [7, 11) is 0. The number of rotatable bonds is 5. The fourth-order valence-corrected chi connectivity index (χ4v) is 1.22. The van der Waals surface area contributed by atoms with Gasteiger partial charge in [0, 0.05) is 5.56 Å². The highest BCUT2D eigenvalue weighted by Crippen LogP contribution is 2.20. The van der Waals surface area contributed by atoms with Crippen molar-refractivity contribution in [2.24, 2.45) is 0 Å². The Morgan fingerprint density at radius 3 is 2.53 bits per heavy atom. The molecule has 0 spiro atoms. The Morgan fingerprint density at radius 1 is 1.29 bits per heavy atom. The summed E-state index contributed by atoms with van der Waals surface area (Å²) < 4.78 is 5.53. The number of carboxylic acid groups (broad SMARTS) is 1. The Morgan fingerprint density at radius 2 is 1.94 bits per heavy atom. The molecule has 0 atom stereocenters. The minimum absolute atomic E-state index is 0.0136. The number of benzene rings is 1. The molecule has 90 valence electrons. The zero-order valence-electron chi connectivity index (χ0n) is 9.71. The fourth-order valence-electron chi connectivity index (χ4n) is 1.22. The molecule has 17 heavy (non-hydrogen) atoms. The van der Waals surface area contributed by atoms with Crippen molar-refractivity contribution in [3.8, 4) is 5.75 Å². The molecule has 0 saturated heterocycles. The summed E-state index contributed by atoms with van der Waals surface area (Å²) in [5.41, 5.74) is 0.677. The highest BCUT2D eigenvalue weighted by Gasteiger charge is 2.07. The van der Waals surface area contributed by atoms with E-state index in [1.165, 1.54) is 6.08 Å². The lowest BCUT2D eigenvalue weighted by molar-refractivity contribution is -0.146. The van der Waals surface area contributed by atoms with Gasteiger partial charge in [0.1, 0.15) is 5.75 Å². The van der Waals surface area contributed by atoms with E-state index in [0.717, 1.165) is 6.08 Å². The van der Waals surface area contributed by atoms with Crippen molar-refractivity contribution < 1.29 is 19.4 Å². The summed E-state index contributed by atoms with van der Waals surface area (Å²) in [6.45, 7) is 3.78. The maximum atomic E-state index is 10.9. The van der Waals surface area contributed by atoms with Crippen LogP contribution in [0.4, 0.5) is 0 Å². The lowest BCUT2D eigenvalue weighted by Gasteiger charge is -2.11. The molecule has 0 aliphatic heterocycles. The Kier molecular flexibility index (Phi) is 4.46. The Bertz CT molecular complexity index is 446. The van der Waals surface area contributed by atoms with Crippen LogP contribution in [0.25, 0.3) is 6.08 Å². The van der Waals surface area contributed by atoms with E-state index >= 15 is 0 Å². The minimum atomic E-state index is -1.47. The first-order chi connectivity index (χ1) is 8.00. The van der Waals surface area contributed by atoms with Crippen LogP contribution in [0, 0.1) is 0 Å². The van der Waals surface area contributed by atoms with Crippen molar-refractivity contribution in [2.75, 3.05) is 0 Å². The number of hydrogen-bond acceptors (Lipinski definition) is 3. The molecule has 0 aromatic heterocycles. The van der Waals surface area contributed by atoms with Gasteiger partial charge in [0.25, 0.3) is 5.78 Å². The van der Waals surface area contributed by atoms with E-state index < -0.39 is 11.8 Å². The number of carbonyl (C=O) groups is 2. The monoisotopic (exact) mass is 234 g/mol. The summed E-state index contributed by atoms with van der Waals surface area (Å²) in [6, 6.07) is 7.13. The molecule has 1 aromatic rings. The van der Waals surface area contributed by atoms with Crippen LogP contribution in [0.1, 0.15) is 19.4 Å². The normalized spacial score (nSPS) is 10.8. The first kappa shape index (κ1) is 13.0. The van der Waals surface area contributed by atoms with E-state index in [-0.39, 0.29) is 6.10 Å². The molecule has 0 unspecified atom stereocenters. The quantitative estimate of drug-likeness (QED) is 0.626. The Balaban J connectivity index is 2.90. The molecular weight excluding hydrogens is 220 g/mol. The van der Waals surface area contributed by atoms with Crippen molar-refractivity contribution >= 4 is 17.8 Å². The van der Waals surface area contributed by atoms with E-state index in [4.69, 9.17) is 9.84 Å². The summed E-state index contributed by atoms with van der Waals surface area (Å²) >= 11 is 0. The summed E-state index contributed by atoms with van der Waals surface area (Å²) in [4.78, 5) is 21.3. The first-order valence-corrected chi connectivity index (χ1v) is 5.21. The number of ether oxygens (including phenoxy) is 1. The highest BCUT2D eigenvalue weighted by atomic mass is 16.5. The van der Waals surface area contributed by atoms with E-state index in [2.05, 4.69) is 0 Å². The van der Waals surface area contributed by atoms with Gasteiger partial charge in [-0.2, -0.15) is 0 Å². The van der Waals surface area contributed by atoms with Crippen LogP contribution in [0.3, 0.4) is 0 Å². The summed E-state index contributed by atoms with van der Waals surface area (Å²) in [5.74, 6) is -1.80. The van der Waals surface area contributed by atoms with E-state index in [1.807, 2.05) is 19.9 Å². The van der Waals surface area contributed by atoms with Crippen LogP contribution in [-0.2, 0) is 9.59 Å². The van der Waals surface area contributed by atoms with Crippen LogP contribution in [0.15, 0.2) is 30.3 Å². The van der Waals surface area contributed by atoms with Gasteiger partial charge in [0.05, 0.1) is 6.10 Å². The van der Waals surface area contributed by atoms with Gasteiger partial charge in [-0.3, -0.25) is 4.79 Å². The van der Waals surface area contributed by atoms with Crippen LogP contribution >= 0.6 is 0 Å². The molecule has 4 nitrogen and oxygen atoms in total. The predicted molar refractivity (Wildman–Crippen MR) is 63.9 cm³/mol. The molecule has 0 heterocycles. The lowest BCUT2D eigenvalue weighted by atomic mass is 10.1. The average molecular weight is 234 g/mol. The van der Waals surface area contributed by atoms with Crippen molar-refractivity contribution in [1.29, 1.82) is 0 Å². The van der Waals surface area contributed by atoms with Crippen molar-refractivity contribution in [2.45, 2.75) is 20.0 Å². The lowest BCUT2D eigenvalue weighted by Crippen LogP contribution is -2.09. The molecule has 1 rings (SSSR count). The molecule has 0 radical (unpaired) electrons. The fraction of sp³-hybridized carbons (Fsp3) is 0.231. The predicted octanol–water partition coefficient (Wildman–Crippen LogP) is 2.14. The van der Waals surface area contributed by atoms with Crippen LogP contribution in [0.5, 0.6) is 5.75 Å². The molecule has 0 aliphatic carbocycles. The van der Waals surface area contributed by atoms with Crippen LogP contribution < -0.4 is 4.74 Å². The SMILES string of the molecule is CC(C)Oc1ccccc1/C=C/C(=O)C(=O)O. The number of ketones is 1. The number of carbonyl (C=O) groups excluding carboxylic acids is 1. The second-order valence-electron chi connectivity index (χ2n) is 3.71. The second kappa shape index (κ2) is 5.84. The highest BCUT2D eigenvalue weighted by molar-refractivity contribution is 6.38. The average Bonchev–Trinajstić information content (AvgIpc) is 2.26. The number of carboxylic acids is 1. The van der Waals surface area contributed by atoms with Crippen LogP contribution in [-0.4, -0.2) is 23.0 Å². The van der Waals surface area contributed by atoms with Crippen LogP contribution in [0.2, 0.25) is 0 Å². The van der Waals surface area contributed by atoms with Crippen molar-refractivity contribution in [3.63, 3.8) is 0 Å². The Hall–Kier alpha value is -2.10. The van der Waals surface area contributed by atoms with Gasteiger partial charge in [0.2, 0.25) is 0 Å². The molecule has 0 saturated carbocycles.